The lowest BCUT2D eigenvalue weighted by Crippen LogP contribution is -2.19. The summed E-state index contributed by atoms with van der Waals surface area (Å²) in [5.74, 6) is 0.202. The van der Waals surface area contributed by atoms with Gasteiger partial charge in [-0.05, 0) is 53.1 Å². The second-order valence-corrected chi connectivity index (χ2v) is 7.46. The summed E-state index contributed by atoms with van der Waals surface area (Å²) in [6, 6.07) is 17.3. The maximum absolute atomic E-state index is 12.6. The number of anilines is 1. The average molecular weight is 353 g/mol. The second kappa shape index (κ2) is 5.89. The number of hydrogen-bond acceptors (Lipinski definition) is 4. The Bertz CT molecular complexity index is 1090. The lowest BCUT2D eigenvalue weighted by molar-refractivity contribution is -0.116. The minimum Gasteiger partial charge on any atom is -0.379 e. The van der Waals surface area contributed by atoms with Crippen LogP contribution in [-0.2, 0) is 21.3 Å². The fraction of sp³-hybridized carbons (Fsp3) is 0.105. The fourth-order valence-corrected chi connectivity index (χ4v) is 3.87. The Labute approximate surface area is 145 Å². The zero-order valence-electron chi connectivity index (χ0n) is 13.2. The molecule has 1 heterocycles. The van der Waals surface area contributed by atoms with Crippen LogP contribution < -0.4 is 9.50 Å². The summed E-state index contributed by atoms with van der Waals surface area (Å²) in [6.45, 7) is 0. The number of rotatable bonds is 3. The van der Waals surface area contributed by atoms with Gasteiger partial charge in [-0.1, -0.05) is 30.3 Å². The molecular weight excluding hydrogens is 338 g/mol. The molecule has 0 aromatic heterocycles. The smallest absolute Gasteiger partial charge is 0.339 e. The first-order valence-electron chi connectivity index (χ1n) is 7.87. The Morgan fingerprint density at radius 1 is 0.880 bits per heavy atom. The van der Waals surface area contributed by atoms with E-state index in [1.807, 2.05) is 24.3 Å². The van der Waals surface area contributed by atoms with Crippen LogP contribution in [0.15, 0.2) is 65.6 Å². The van der Waals surface area contributed by atoms with Crippen LogP contribution in [0.4, 0.5) is 5.69 Å². The highest BCUT2D eigenvalue weighted by Gasteiger charge is 2.20. The topological polar surface area (TPSA) is 72.5 Å². The van der Waals surface area contributed by atoms with E-state index in [2.05, 4.69) is 5.32 Å². The number of hydrogen-bond donors (Lipinski definition) is 1. The van der Waals surface area contributed by atoms with Crippen molar-refractivity contribution in [3.63, 3.8) is 0 Å². The van der Waals surface area contributed by atoms with Gasteiger partial charge in [0.15, 0.2) is 0 Å². The van der Waals surface area contributed by atoms with Crippen LogP contribution in [0.2, 0.25) is 0 Å². The fourth-order valence-electron chi connectivity index (χ4n) is 2.91. The summed E-state index contributed by atoms with van der Waals surface area (Å²) in [5.41, 5.74) is 1.57. The van der Waals surface area contributed by atoms with Crippen LogP contribution in [-0.4, -0.2) is 14.3 Å². The lowest BCUT2D eigenvalue weighted by Gasteiger charge is -2.17. The molecule has 126 valence electrons. The summed E-state index contributed by atoms with van der Waals surface area (Å²) in [4.78, 5) is 11.5. The summed E-state index contributed by atoms with van der Waals surface area (Å²) in [7, 11) is -3.93. The van der Waals surface area contributed by atoms with E-state index in [0.29, 0.717) is 18.5 Å². The standard InChI is InChI=1S/C19H15NO4S/c21-19-10-6-15-11-16(7-9-18(15)20-19)24-25(22,23)17-8-5-13-3-1-2-4-14(13)12-17/h1-5,7-9,11-12H,6,10H2,(H,20,21). The highest BCUT2D eigenvalue weighted by Crippen LogP contribution is 2.29. The highest BCUT2D eigenvalue weighted by molar-refractivity contribution is 7.87. The van der Waals surface area contributed by atoms with Crippen LogP contribution in [0.25, 0.3) is 10.8 Å². The number of aryl methyl sites for hydroxylation is 1. The Balaban J connectivity index is 1.65. The van der Waals surface area contributed by atoms with Crippen LogP contribution in [0.1, 0.15) is 12.0 Å². The number of carbonyl (C=O) groups excluding carboxylic acids is 1. The molecule has 0 saturated carbocycles. The van der Waals surface area contributed by atoms with Crippen molar-refractivity contribution in [3.05, 3.63) is 66.2 Å². The molecule has 1 aliphatic rings. The van der Waals surface area contributed by atoms with Gasteiger partial charge in [-0.15, -0.1) is 0 Å². The summed E-state index contributed by atoms with van der Waals surface area (Å²) >= 11 is 0. The summed E-state index contributed by atoms with van der Waals surface area (Å²) < 4.78 is 30.4. The highest BCUT2D eigenvalue weighted by atomic mass is 32.2. The van der Waals surface area contributed by atoms with Crippen LogP contribution >= 0.6 is 0 Å². The molecule has 3 aromatic rings. The van der Waals surface area contributed by atoms with Gasteiger partial charge in [0, 0.05) is 12.1 Å². The van der Waals surface area contributed by atoms with Gasteiger partial charge in [0.1, 0.15) is 10.6 Å². The van der Waals surface area contributed by atoms with Gasteiger partial charge in [-0.3, -0.25) is 4.79 Å². The van der Waals surface area contributed by atoms with Gasteiger partial charge in [0.2, 0.25) is 5.91 Å². The molecule has 6 heteroatoms. The quantitative estimate of drug-likeness (QED) is 0.732. The van der Waals surface area contributed by atoms with Crippen LogP contribution in [0, 0.1) is 0 Å². The van der Waals surface area contributed by atoms with Crippen molar-refractivity contribution in [2.75, 3.05) is 5.32 Å². The van der Waals surface area contributed by atoms with Crippen molar-refractivity contribution >= 4 is 32.5 Å². The molecule has 0 saturated heterocycles. The predicted octanol–water partition coefficient (Wildman–Crippen LogP) is 3.49. The molecule has 0 spiro atoms. The van der Waals surface area contributed by atoms with Gasteiger partial charge < -0.3 is 9.50 Å². The van der Waals surface area contributed by atoms with E-state index in [0.717, 1.165) is 16.3 Å². The first kappa shape index (κ1) is 15.7. The van der Waals surface area contributed by atoms with Crippen LogP contribution in [0.5, 0.6) is 5.75 Å². The SMILES string of the molecule is O=C1CCc2cc(OS(=O)(=O)c3ccc4ccccc4c3)ccc2N1. The monoisotopic (exact) mass is 353 g/mol. The molecule has 0 unspecified atom stereocenters. The Morgan fingerprint density at radius 2 is 1.68 bits per heavy atom. The van der Waals surface area contributed by atoms with E-state index in [4.69, 9.17) is 4.18 Å². The number of benzene rings is 3. The van der Waals surface area contributed by atoms with Gasteiger partial charge in [0.05, 0.1) is 0 Å². The molecule has 1 amide bonds. The molecule has 0 fully saturated rings. The van der Waals surface area contributed by atoms with Gasteiger partial charge >= 0.3 is 10.1 Å². The van der Waals surface area contributed by atoms with Crippen molar-refractivity contribution in [1.82, 2.24) is 0 Å². The Hall–Kier alpha value is -2.86. The van der Waals surface area contributed by atoms with Gasteiger partial charge in [-0.25, -0.2) is 0 Å². The molecule has 0 bridgehead atoms. The minimum absolute atomic E-state index is 0.0371. The third-order valence-electron chi connectivity index (χ3n) is 4.19. The van der Waals surface area contributed by atoms with E-state index in [1.54, 1.807) is 30.3 Å². The zero-order valence-corrected chi connectivity index (χ0v) is 14.0. The van der Waals surface area contributed by atoms with Crippen LogP contribution in [0.3, 0.4) is 0 Å². The van der Waals surface area contributed by atoms with E-state index < -0.39 is 10.1 Å². The van der Waals surface area contributed by atoms with E-state index in [-0.39, 0.29) is 16.6 Å². The maximum Gasteiger partial charge on any atom is 0.339 e. The van der Waals surface area contributed by atoms with Crippen molar-refractivity contribution in [2.45, 2.75) is 17.7 Å². The minimum atomic E-state index is -3.93. The van der Waals surface area contributed by atoms with E-state index >= 15 is 0 Å². The van der Waals surface area contributed by atoms with Crippen molar-refractivity contribution in [1.29, 1.82) is 0 Å². The van der Waals surface area contributed by atoms with Gasteiger partial charge in [-0.2, -0.15) is 8.42 Å². The maximum atomic E-state index is 12.6. The van der Waals surface area contributed by atoms with E-state index in [1.165, 1.54) is 6.07 Å². The molecule has 25 heavy (non-hydrogen) atoms. The molecule has 1 aliphatic heterocycles. The molecule has 1 N–H and O–H groups in total. The van der Waals surface area contributed by atoms with Gasteiger partial charge in [0.25, 0.3) is 0 Å². The first-order chi connectivity index (χ1) is 12.0. The molecule has 3 aromatic carbocycles. The third kappa shape index (κ3) is 3.08. The summed E-state index contributed by atoms with van der Waals surface area (Å²) in [6.07, 6.45) is 0.947. The Kier molecular flexibility index (Phi) is 3.69. The van der Waals surface area contributed by atoms with Crippen molar-refractivity contribution < 1.29 is 17.4 Å². The molecule has 0 aliphatic carbocycles. The average Bonchev–Trinajstić information content (AvgIpc) is 2.61. The first-order valence-corrected chi connectivity index (χ1v) is 9.28. The Morgan fingerprint density at radius 3 is 2.52 bits per heavy atom. The van der Waals surface area contributed by atoms with E-state index in [9.17, 15) is 13.2 Å². The third-order valence-corrected chi connectivity index (χ3v) is 5.43. The molecule has 4 rings (SSSR count). The number of carbonyl (C=O) groups is 1. The largest absolute Gasteiger partial charge is 0.379 e. The lowest BCUT2D eigenvalue weighted by atomic mass is 10.0. The number of nitrogens with one attached hydrogen (secondary N) is 1. The molecule has 0 radical (unpaired) electrons. The zero-order chi connectivity index (χ0) is 17.4. The van der Waals surface area contributed by atoms with Crippen molar-refractivity contribution in [2.24, 2.45) is 0 Å². The number of amides is 1. The normalized spacial score (nSPS) is 14.0. The molecular formula is C19H15NO4S. The number of fused-ring (bicyclic) bond motifs is 2. The summed E-state index contributed by atoms with van der Waals surface area (Å²) in [5, 5.41) is 4.56. The molecule has 5 nitrogen and oxygen atoms in total. The van der Waals surface area contributed by atoms with Crippen molar-refractivity contribution in [3.8, 4) is 5.75 Å². The second-order valence-electron chi connectivity index (χ2n) is 5.91. The molecule has 0 atom stereocenters. The predicted molar refractivity (Wildman–Crippen MR) is 95.2 cm³/mol.